The lowest BCUT2D eigenvalue weighted by molar-refractivity contribution is 0.322. The van der Waals surface area contributed by atoms with Crippen molar-refractivity contribution in [3.05, 3.63) is 48.0 Å². The Kier molecular flexibility index (Phi) is 3.46. The average Bonchev–Trinajstić information content (AvgIpc) is 3.23. The fourth-order valence-corrected chi connectivity index (χ4v) is 3.69. The van der Waals surface area contributed by atoms with Gasteiger partial charge in [-0.1, -0.05) is 12.1 Å². The summed E-state index contributed by atoms with van der Waals surface area (Å²) in [7, 11) is 0. The Morgan fingerprint density at radius 1 is 1.11 bits per heavy atom. The topological polar surface area (TPSA) is 85.4 Å². The fraction of sp³-hybridized carbons (Fsp3) is 0.211. The summed E-state index contributed by atoms with van der Waals surface area (Å²) in [5, 5.41) is 13.7. The number of aromatic amines is 1. The standard InChI is InChI=1S/C19H16F2N6/c20-14-8-11-9-15(10-4-6-12(22)7-5-10)27(13-2-1-3-13)18(11)17(21)16(14)19-23-25-26-24-19/h4-9,13H,1-3,22H2,(H,23,24,25,26). The zero-order valence-electron chi connectivity index (χ0n) is 14.3. The molecule has 4 aromatic rings. The van der Waals surface area contributed by atoms with Gasteiger partial charge in [-0.2, -0.15) is 5.21 Å². The second kappa shape index (κ2) is 5.87. The predicted molar refractivity (Wildman–Crippen MR) is 97.8 cm³/mol. The smallest absolute Gasteiger partial charge is 0.210 e. The van der Waals surface area contributed by atoms with Gasteiger partial charge in [0.15, 0.2) is 5.82 Å². The van der Waals surface area contributed by atoms with Crippen LogP contribution in [0.5, 0.6) is 0 Å². The molecule has 1 aliphatic rings. The number of hydrogen-bond donors (Lipinski definition) is 2. The van der Waals surface area contributed by atoms with E-state index in [1.165, 1.54) is 6.07 Å². The van der Waals surface area contributed by atoms with Crippen LogP contribution in [0.3, 0.4) is 0 Å². The normalized spacial score (nSPS) is 14.6. The highest BCUT2D eigenvalue weighted by Gasteiger charge is 2.29. The maximum absolute atomic E-state index is 15.5. The minimum atomic E-state index is -0.712. The van der Waals surface area contributed by atoms with Crippen molar-refractivity contribution in [2.75, 3.05) is 5.73 Å². The van der Waals surface area contributed by atoms with Gasteiger partial charge in [0, 0.05) is 22.8 Å². The highest BCUT2D eigenvalue weighted by Crippen LogP contribution is 2.42. The summed E-state index contributed by atoms with van der Waals surface area (Å²) >= 11 is 0. The van der Waals surface area contributed by atoms with Gasteiger partial charge in [0.25, 0.3) is 0 Å². The summed E-state index contributed by atoms with van der Waals surface area (Å²) in [4.78, 5) is 0. The molecule has 0 atom stereocenters. The SMILES string of the molecule is Nc1ccc(-c2cc3cc(F)c(-c4nn[nH]n4)c(F)c3n2C2CCC2)cc1. The third-order valence-electron chi connectivity index (χ3n) is 5.23. The summed E-state index contributed by atoms with van der Waals surface area (Å²) in [5.41, 5.74) is 8.31. The number of nitrogen functional groups attached to an aromatic ring is 1. The molecular weight excluding hydrogens is 350 g/mol. The van der Waals surface area contributed by atoms with E-state index in [1.54, 1.807) is 12.1 Å². The van der Waals surface area contributed by atoms with Crippen LogP contribution in [0.25, 0.3) is 33.5 Å². The van der Waals surface area contributed by atoms with Crippen LogP contribution < -0.4 is 5.73 Å². The van der Waals surface area contributed by atoms with Crippen LogP contribution in [0.1, 0.15) is 25.3 Å². The maximum Gasteiger partial charge on any atom is 0.210 e. The Labute approximate surface area is 153 Å². The van der Waals surface area contributed by atoms with Crippen molar-refractivity contribution in [2.45, 2.75) is 25.3 Å². The number of nitrogens with one attached hydrogen (secondary N) is 1. The number of hydrogen-bond acceptors (Lipinski definition) is 4. The molecule has 27 heavy (non-hydrogen) atoms. The van der Waals surface area contributed by atoms with E-state index in [0.717, 1.165) is 30.5 Å². The first kappa shape index (κ1) is 15.9. The largest absolute Gasteiger partial charge is 0.399 e. The molecule has 0 aliphatic heterocycles. The molecule has 1 saturated carbocycles. The number of benzene rings is 2. The highest BCUT2D eigenvalue weighted by molar-refractivity contribution is 5.91. The Bertz CT molecular complexity index is 1130. The van der Waals surface area contributed by atoms with E-state index in [0.29, 0.717) is 16.6 Å². The fourth-order valence-electron chi connectivity index (χ4n) is 3.69. The molecule has 3 N–H and O–H groups in total. The van der Waals surface area contributed by atoms with Crippen LogP contribution in [-0.4, -0.2) is 25.2 Å². The molecule has 0 amide bonds. The number of anilines is 1. The molecule has 2 heterocycles. The summed E-state index contributed by atoms with van der Waals surface area (Å²) in [6.45, 7) is 0. The molecule has 1 aliphatic carbocycles. The zero-order chi connectivity index (χ0) is 18.5. The number of rotatable bonds is 3. The summed E-state index contributed by atoms with van der Waals surface area (Å²) < 4.78 is 32.1. The van der Waals surface area contributed by atoms with Crippen molar-refractivity contribution in [2.24, 2.45) is 0 Å². The van der Waals surface area contributed by atoms with Gasteiger partial charge in [-0.15, -0.1) is 10.2 Å². The number of nitrogens with zero attached hydrogens (tertiary/aromatic N) is 4. The van der Waals surface area contributed by atoms with Crippen LogP contribution in [0.15, 0.2) is 36.4 Å². The van der Waals surface area contributed by atoms with E-state index in [2.05, 4.69) is 20.6 Å². The third kappa shape index (κ3) is 2.40. The van der Waals surface area contributed by atoms with Gasteiger partial charge >= 0.3 is 0 Å². The van der Waals surface area contributed by atoms with E-state index in [1.807, 2.05) is 22.8 Å². The number of H-pyrrole nitrogens is 1. The third-order valence-corrected chi connectivity index (χ3v) is 5.23. The molecular formula is C19H16F2N6. The maximum atomic E-state index is 15.5. The number of halogens is 2. The van der Waals surface area contributed by atoms with Crippen LogP contribution in [-0.2, 0) is 0 Å². The molecule has 0 saturated heterocycles. The van der Waals surface area contributed by atoms with Crippen molar-refractivity contribution in [3.8, 4) is 22.6 Å². The second-order valence-corrected chi connectivity index (χ2v) is 6.83. The van der Waals surface area contributed by atoms with Crippen molar-refractivity contribution >= 4 is 16.6 Å². The van der Waals surface area contributed by atoms with E-state index in [9.17, 15) is 4.39 Å². The molecule has 2 aromatic carbocycles. The van der Waals surface area contributed by atoms with Gasteiger partial charge in [0.05, 0.1) is 11.1 Å². The van der Waals surface area contributed by atoms with Crippen LogP contribution in [0.4, 0.5) is 14.5 Å². The van der Waals surface area contributed by atoms with E-state index < -0.39 is 11.6 Å². The Morgan fingerprint density at radius 2 is 1.89 bits per heavy atom. The predicted octanol–water partition coefficient (Wildman–Crippen LogP) is 4.07. The molecule has 0 bridgehead atoms. The summed E-state index contributed by atoms with van der Waals surface area (Å²) in [5.74, 6) is -1.47. The molecule has 136 valence electrons. The lowest BCUT2D eigenvalue weighted by atomic mass is 9.92. The van der Waals surface area contributed by atoms with Gasteiger partial charge in [0.1, 0.15) is 5.82 Å². The minimum absolute atomic E-state index is 0.0951. The molecule has 1 fully saturated rings. The van der Waals surface area contributed by atoms with Gasteiger partial charge in [-0.3, -0.25) is 0 Å². The van der Waals surface area contributed by atoms with Gasteiger partial charge in [-0.25, -0.2) is 8.78 Å². The van der Waals surface area contributed by atoms with E-state index in [-0.39, 0.29) is 17.4 Å². The highest BCUT2D eigenvalue weighted by atomic mass is 19.1. The number of aromatic nitrogens is 5. The molecule has 6 nitrogen and oxygen atoms in total. The first-order valence-electron chi connectivity index (χ1n) is 8.76. The molecule has 5 rings (SSSR count). The Morgan fingerprint density at radius 3 is 2.52 bits per heavy atom. The van der Waals surface area contributed by atoms with E-state index >= 15 is 4.39 Å². The van der Waals surface area contributed by atoms with E-state index in [4.69, 9.17) is 5.73 Å². The molecule has 0 spiro atoms. The molecule has 2 aromatic heterocycles. The lowest BCUT2D eigenvalue weighted by Crippen LogP contribution is -2.18. The lowest BCUT2D eigenvalue weighted by Gasteiger charge is -2.30. The monoisotopic (exact) mass is 366 g/mol. The van der Waals surface area contributed by atoms with Crippen LogP contribution in [0, 0.1) is 11.6 Å². The quantitative estimate of drug-likeness (QED) is 0.535. The first-order chi connectivity index (χ1) is 13.1. The second-order valence-electron chi connectivity index (χ2n) is 6.83. The van der Waals surface area contributed by atoms with Crippen LogP contribution in [0.2, 0.25) is 0 Å². The summed E-state index contributed by atoms with van der Waals surface area (Å²) in [6.07, 6.45) is 3.01. The van der Waals surface area contributed by atoms with Crippen molar-refractivity contribution in [1.82, 2.24) is 25.2 Å². The van der Waals surface area contributed by atoms with Gasteiger partial charge in [0.2, 0.25) is 5.82 Å². The number of fused-ring (bicyclic) bond motifs is 1. The van der Waals surface area contributed by atoms with Gasteiger partial charge in [-0.05, 0) is 54.3 Å². The Hall–Kier alpha value is -3.29. The van der Waals surface area contributed by atoms with Crippen molar-refractivity contribution < 1.29 is 8.78 Å². The van der Waals surface area contributed by atoms with Gasteiger partial charge < -0.3 is 10.3 Å². The Balaban J connectivity index is 1.82. The van der Waals surface area contributed by atoms with Crippen molar-refractivity contribution in [1.29, 1.82) is 0 Å². The number of nitrogens with two attached hydrogens (primary N) is 1. The first-order valence-corrected chi connectivity index (χ1v) is 8.76. The molecule has 0 radical (unpaired) electrons. The molecule has 8 heteroatoms. The molecule has 0 unspecified atom stereocenters. The van der Waals surface area contributed by atoms with Crippen molar-refractivity contribution in [3.63, 3.8) is 0 Å². The zero-order valence-corrected chi connectivity index (χ0v) is 14.3. The average molecular weight is 366 g/mol. The number of tetrazole rings is 1. The van der Waals surface area contributed by atoms with Crippen LogP contribution >= 0.6 is 0 Å². The summed E-state index contributed by atoms with van der Waals surface area (Å²) in [6, 6.07) is 10.7. The minimum Gasteiger partial charge on any atom is -0.399 e.